The van der Waals surface area contributed by atoms with Crippen molar-refractivity contribution in [1.82, 2.24) is 4.98 Å². The Morgan fingerprint density at radius 3 is 2.67 bits per heavy atom. The summed E-state index contributed by atoms with van der Waals surface area (Å²) in [6.45, 7) is 2.72. The van der Waals surface area contributed by atoms with Crippen LogP contribution < -0.4 is 4.74 Å². The van der Waals surface area contributed by atoms with Crippen molar-refractivity contribution in [3.63, 3.8) is 0 Å². The lowest BCUT2D eigenvalue weighted by Crippen LogP contribution is -2.51. The zero-order chi connectivity index (χ0) is 22.7. The standard InChI is InChI=1S/C30H35NO2/c1-2-14-29(32)15-16-30(19-23-7-4-3-5-8-23)26(20-29)11-10-25-18-27(12-13-28(25)30)33-22-24-9-6-17-31-21-24/h3-9,12-13,17-18,21,26,32H,2,10-11,14-16,19-20,22H2,1H3/t26-,29-,30+/m1/s1. The van der Waals surface area contributed by atoms with E-state index in [0.717, 1.165) is 62.7 Å². The van der Waals surface area contributed by atoms with Crippen molar-refractivity contribution in [3.8, 4) is 5.75 Å². The summed E-state index contributed by atoms with van der Waals surface area (Å²) < 4.78 is 6.13. The van der Waals surface area contributed by atoms with Gasteiger partial charge in [0.05, 0.1) is 5.60 Å². The summed E-state index contributed by atoms with van der Waals surface area (Å²) in [6.07, 6.45) is 11.7. The van der Waals surface area contributed by atoms with Gasteiger partial charge in [-0.15, -0.1) is 0 Å². The van der Waals surface area contributed by atoms with Gasteiger partial charge in [-0.1, -0.05) is 55.8 Å². The van der Waals surface area contributed by atoms with Gasteiger partial charge >= 0.3 is 0 Å². The van der Waals surface area contributed by atoms with E-state index in [1.54, 1.807) is 6.20 Å². The van der Waals surface area contributed by atoms with Gasteiger partial charge in [0.2, 0.25) is 0 Å². The van der Waals surface area contributed by atoms with Gasteiger partial charge in [0, 0.05) is 23.4 Å². The molecule has 2 aliphatic rings. The Kier molecular flexibility index (Phi) is 6.25. The lowest BCUT2D eigenvalue weighted by atomic mass is 9.52. The number of fused-ring (bicyclic) bond motifs is 3. The first-order valence-electron chi connectivity index (χ1n) is 12.5. The molecule has 0 bridgehead atoms. The van der Waals surface area contributed by atoms with E-state index in [0.29, 0.717) is 12.5 Å². The molecule has 3 heteroatoms. The normalized spacial score (nSPS) is 26.3. The molecule has 2 aliphatic carbocycles. The molecule has 0 saturated heterocycles. The molecule has 1 saturated carbocycles. The molecule has 1 heterocycles. The summed E-state index contributed by atoms with van der Waals surface area (Å²) in [6, 6.07) is 21.7. The highest BCUT2D eigenvalue weighted by Crippen LogP contribution is 2.55. The predicted molar refractivity (Wildman–Crippen MR) is 132 cm³/mol. The molecule has 0 amide bonds. The van der Waals surface area contributed by atoms with Gasteiger partial charge in [-0.3, -0.25) is 4.98 Å². The predicted octanol–water partition coefficient (Wildman–Crippen LogP) is 6.42. The number of nitrogens with zero attached hydrogens (tertiary/aromatic N) is 1. The average Bonchev–Trinajstić information content (AvgIpc) is 2.84. The summed E-state index contributed by atoms with van der Waals surface area (Å²) in [5, 5.41) is 11.3. The minimum Gasteiger partial charge on any atom is -0.489 e. The molecule has 0 radical (unpaired) electrons. The van der Waals surface area contributed by atoms with Crippen molar-refractivity contribution in [1.29, 1.82) is 0 Å². The number of rotatable bonds is 7. The van der Waals surface area contributed by atoms with E-state index in [2.05, 4.69) is 60.4 Å². The minimum absolute atomic E-state index is 0.0940. The van der Waals surface area contributed by atoms with Crippen molar-refractivity contribution in [3.05, 3.63) is 95.3 Å². The third-order valence-electron chi connectivity index (χ3n) is 8.03. The maximum absolute atomic E-state index is 11.3. The number of aromatic nitrogens is 1. The summed E-state index contributed by atoms with van der Waals surface area (Å²) >= 11 is 0. The molecule has 1 N–H and O–H groups in total. The smallest absolute Gasteiger partial charge is 0.120 e. The van der Waals surface area contributed by atoms with Crippen molar-refractivity contribution in [2.75, 3.05) is 0 Å². The number of aryl methyl sites for hydroxylation is 1. The van der Waals surface area contributed by atoms with Crippen LogP contribution in [-0.4, -0.2) is 15.7 Å². The maximum atomic E-state index is 11.3. The first kappa shape index (κ1) is 22.2. The van der Waals surface area contributed by atoms with Gasteiger partial charge in [0.1, 0.15) is 12.4 Å². The van der Waals surface area contributed by atoms with Crippen LogP contribution in [-0.2, 0) is 24.9 Å². The highest BCUT2D eigenvalue weighted by molar-refractivity contribution is 5.45. The Morgan fingerprint density at radius 1 is 1.03 bits per heavy atom. The van der Waals surface area contributed by atoms with Crippen molar-refractivity contribution in [2.24, 2.45) is 5.92 Å². The first-order valence-corrected chi connectivity index (χ1v) is 12.5. The average molecular weight is 442 g/mol. The zero-order valence-corrected chi connectivity index (χ0v) is 19.7. The third kappa shape index (κ3) is 4.56. The van der Waals surface area contributed by atoms with Crippen LogP contribution in [0.2, 0.25) is 0 Å². The number of aliphatic hydroxyl groups is 1. The zero-order valence-electron chi connectivity index (χ0n) is 19.7. The highest BCUT2D eigenvalue weighted by atomic mass is 16.5. The molecule has 0 aliphatic heterocycles. The number of benzene rings is 2. The van der Waals surface area contributed by atoms with Crippen LogP contribution in [0.3, 0.4) is 0 Å². The fraction of sp³-hybridized carbons (Fsp3) is 0.433. The summed E-state index contributed by atoms with van der Waals surface area (Å²) in [4.78, 5) is 4.19. The van der Waals surface area contributed by atoms with Crippen molar-refractivity contribution in [2.45, 2.75) is 75.9 Å². The van der Waals surface area contributed by atoms with E-state index in [-0.39, 0.29) is 5.41 Å². The Bertz CT molecular complexity index is 1070. The summed E-state index contributed by atoms with van der Waals surface area (Å²) in [5.41, 5.74) is 4.98. The molecular formula is C30H35NO2. The van der Waals surface area contributed by atoms with Gasteiger partial charge in [0.25, 0.3) is 0 Å². The van der Waals surface area contributed by atoms with E-state index in [9.17, 15) is 5.11 Å². The number of pyridine rings is 1. The van der Waals surface area contributed by atoms with Gasteiger partial charge in [-0.05, 0) is 85.8 Å². The Morgan fingerprint density at radius 2 is 1.88 bits per heavy atom. The molecule has 0 spiro atoms. The number of hydrogen-bond donors (Lipinski definition) is 1. The van der Waals surface area contributed by atoms with Crippen LogP contribution in [0.15, 0.2) is 73.1 Å². The molecule has 1 aromatic heterocycles. The molecule has 0 unspecified atom stereocenters. The number of hydrogen-bond acceptors (Lipinski definition) is 3. The Labute approximate surface area is 197 Å². The van der Waals surface area contributed by atoms with Crippen LogP contribution in [0.1, 0.15) is 67.7 Å². The molecule has 2 aromatic carbocycles. The van der Waals surface area contributed by atoms with Gasteiger partial charge in [0.15, 0.2) is 0 Å². The second-order valence-corrected chi connectivity index (χ2v) is 10.2. The second kappa shape index (κ2) is 9.30. The quantitative estimate of drug-likeness (QED) is 0.460. The maximum Gasteiger partial charge on any atom is 0.120 e. The van der Waals surface area contributed by atoms with Crippen LogP contribution in [0.5, 0.6) is 5.75 Å². The summed E-state index contributed by atoms with van der Waals surface area (Å²) in [7, 11) is 0. The Hall–Kier alpha value is -2.65. The van der Waals surface area contributed by atoms with Crippen LogP contribution in [0.4, 0.5) is 0 Å². The van der Waals surface area contributed by atoms with Gasteiger partial charge < -0.3 is 9.84 Å². The summed E-state index contributed by atoms with van der Waals surface area (Å²) in [5.74, 6) is 1.45. The minimum atomic E-state index is -0.496. The lowest BCUT2D eigenvalue weighted by Gasteiger charge is -2.53. The van der Waals surface area contributed by atoms with Crippen molar-refractivity contribution < 1.29 is 9.84 Å². The Balaban J connectivity index is 1.45. The van der Waals surface area contributed by atoms with E-state index < -0.39 is 5.60 Å². The van der Waals surface area contributed by atoms with Gasteiger partial charge in [-0.25, -0.2) is 0 Å². The fourth-order valence-electron chi connectivity index (χ4n) is 6.46. The van der Waals surface area contributed by atoms with E-state index >= 15 is 0 Å². The molecule has 172 valence electrons. The van der Waals surface area contributed by atoms with Gasteiger partial charge in [-0.2, -0.15) is 0 Å². The molecule has 1 fully saturated rings. The molecular weight excluding hydrogens is 406 g/mol. The fourth-order valence-corrected chi connectivity index (χ4v) is 6.46. The molecule has 3 nitrogen and oxygen atoms in total. The van der Waals surface area contributed by atoms with Crippen LogP contribution >= 0.6 is 0 Å². The molecule has 5 rings (SSSR count). The monoisotopic (exact) mass is 441 g/mol. The third-order valence-corrected chi connectivity index (χ3v) is 8.03. The topological polar surface area (TPSA) is 42.4 Å². The van der Waals surface area contributed by atoms with E-state index in [4.69, 9.17) is 4.74 Å². The highest BCUT2D eigenvalue weighted by Gasteiger charge is 2.51. The van der Waals surface area contributed by atoms with E-state index in [1.165, 1.54) is 16.7 Å². The molecule has 3 atom stereocenters. The van der Waals surface area contributed by atoms with Crippen LogP contribution in [0.25, 0.3) is 0 Å². The molecule has 33 heavy (non-hydrogen) atoms. The van der Waals surface area contributed by atoms with Crippen molar-refractivity contribution >= 4 is 0 Å². The second-order valence-electron chi connectivity index (χ2n) is 10.2. The van der Waals surface area contributed by atoms with E-state index in [1.807, 2.05) is 18.3 Å². The molecule has 3 aromatic rings. The lowest BCUT2D eigenvalue weighted by molar-refractivity contribution is -0.0565. The largest absolute Gasteiger partial charge is 0.489 e. The van der Waals surface area contributed by atoms with Crippen LogP contribution in [0, 0.1) is 5.92 Å². The first-order chi connectivity index (χ1) is 16.1. The number of ether oxygens (including phenoxy) is 1. The SMILES string of the molecule is CCC[C@@]1(O)CC[C@@]2(Cc3ccccc3)c3ccc(OCc4cccnc4)cc3CC[C@@H]2C1.